The Morgan fingerprint density at radius 2 is 2.19 bits per heavy atom. The summed E-state index contributed by atoms with van der Waals surface area (Å²) < 4.78 is 0. The maximum Gasteiger partial charge on any atom is 0.164 e. The molecule has 0 saturated heterocycles. The Morgan fingerprint density at radius 3 is 2.94 bits per heavy atom. The van der Waals surface area contributed by atoms with E-state index in [0.717, 1.165) is 17.7 Å². The van der Waals surface area contributed by atoms with Gasteiger partial charge < -0.3 is 10.0 Å². The molecule has 2 heterocycles. The van der Waals surface area contributed by atoms with Gasteiger partial charge in [0.15, 0.2) is 5.65 Å². The first-order valence-electron chi connectivity index (χ1n) is 5.28. The fourth-order valence-corrected chi connectivity index (χ4v) is 1.67. The van der Waals surface area contributed by atoms with Gasteiger partial charge in [0, 0.05) is 19.3 Å². The Bertz CT molecular complexity index is 469. The number of pyridine rings is 1. The zero-order chi connectivity index (χ0) is 11.4. The molecule has 0 radical (unpaired) electrons. The van der Waals surface area contributed by atoms with Crippen molar-refractivity contribution in [1.82, 2.24) is 15.0 Å². The van der Waals surface area contributed by atoms with Gasteiger partial charge in [-0.1, -0.05) is 0 Å². The molecule has 2 rings (SSSR count). The molecule has 5 heteroatoms. The van der Waals surface area contributed by atoms with Crippen molar-refractivity contribution in [2.45, 2.75) is 6.92 Å². The number of hydrogen-bond acceptors (Lipinski definition) is 5. The lowest BCUT2D eigenvalue weighted by Crippen LogP contribution is -2.27. The van der Waals surface area contributed by atoms with Crippen LogP contribution in [-0.4, -0.2) is 39.8 Å². The Hall–Kier alpha value is -1.75. The summed E-state index contributed by atoms with van der Waals surface area (Å²) in [7, 11) is 0. The quantitative estimate of drug-likeness (QED) is 0.824. The van der Waals surface area contributed by atoms with E-state index in [1.807, 2.05) is 24.0 Å². The lowest BCUT2D eigenvalue weighted by molar-refractivity contribution is 0.302. The van der Waals surface area contributed by atoms with Crippen LogP contribution in [0.4, 0.5) is 5.82 Å². The highest BCUT2D eigenvalue weighted by molar-refractivity contribution is 5.86. The molecule has 0 bridgehead atoms. The number of fused-ring (bicyclic) bond motifs is 1. The van der Waals surface area contributed by atoms with Gasteiger partial charge in [0.25, 0.3) is 0 Å². The number of aromatic nitrogens is 3. The van der Waals surface area contributed by atoms with E-state index < -0.39 is 0 Å². The lowest BCUT2D eigenvalue weighted by Gasteiger charge is -2.21. The van der Waals surface area contributed by atoms with Crippen LogP contribution in [-0.2, 0) is 0 Å². The molecule has 2 aromatic rings. The van der Waals surface area contributed by atoms with E-state index >= 15 is 0 Å². The molecule has 2 aromatic heterocycles. The number of likely N-dealkylation sites (N-methyl/N-ethyl adjacent to an activating group) is 1. The van der Waals surface area contributed by atoms with E-state index in [1.54, 1.807) is 6.20 Å². The fourth-order valence-electron chi connectivity index (χ4n) is 1.67. The van der Waals surface area contributed by atoms with Crippen LogP contribution >= 0.6 is 0 Å². The molecule has 5 nitrogen and oxygen atoms in total. The standard InChI is InChI=1S/C11H14N4O/c1-2-15(6-7-16)11-9-4-3-5-12-10(9)13-8-14-11/h3-5,8,16H,2,6-7H2,1H3. The van der Waals surface area contributed by atoms with Crippen molar-refractivity contribution >= 4 is 16.9 Å². The number of hydrogen-bond donors (Lipinski definition) is 1. The highest BCUT2D eigenvalue weighted by Crippen LogP contribution is 2.20. The summed E-state index contributed by atoms with van der Waals surface area (Å²) in [5.41, 5.74) is 0.684. The molecule has 0 saturated carbocycles. The molecule has 0 fully saturated rings. The van der Waals surface area contributed by atoms with Crippen molar-refractivity contribution in [3.05, 3.63) is 24.7 Å². The van der Waals surface area contributed by atoms with Crippen LogP contribution in [0.3, 0.4) is 0 Å². The lowest BCUT2D eigenvalue weighted by atomic mass is 10.3. The summed E-state index contributed by atoms with van der Waals surface area (Å²) in [6.07, 6.45) is 3.21. The second-order valence-electron chi connectivity index (χ2n) is 3.38. The topological polar surface area (TPSA) is 62.1 Å². The van der Waals surface area contributed by atoms with Crippen molar-refractivity contribution in [2.24, 2.45) is 0 Å². The first kappa shape index (κ1) is 10.8. The summed E-state index contributed by atoms with van der Waals surface area (Å²) in [4.78, 5) is 14.6. The normalized spacial score (nSPS) is 10.6. The molecule has 0 amide bonds. The second kappa shape index (κ2) is 4.85. The van der Waals surface area contributed by atoms with Gasteiger partial charge in [-0.25, -0.2) is 15.0 Å². The third-order valence-corrected chi connectivity index (χ3v) is 2.44. The third kappa shape index (κ3) is 1.94. The highest BCUT2D eigenvalue weighted by atomic mass is 16.3. The Balaban J connectivity index is 2.50. The van der Waals surface area contributed by atoms with Crippen molar-refractivity contribution in [2.75, 3.05) is 24.6 Å². The summed E-state index contributed by atoms with van der Waals surface area (Å²) in [5, 5.41) is 9.92. The van der Waals surface area contributed by atoms with E-state index in [2.05, 4.69) is 15.0 Å². The summed E-state index contributed by atoms with van der Waals surface area (Å²) in [6, 6.07) is 3.81. The van der Waals surface area contributed by atoms with Crippen molar-refractivity contribution in [1.29, 1.82) is 0 Å². The minimum Gasteiger partial charge on any atom is -0.395 e. The number of nitrogens with zero attached hydrogens (tertiary/aromatic N) is 4. The number of anilines is 1. The SMILES string of the molecule is CCN(CCO)c1ncnc2ncccc12. The van der Waals surface area contributed by atoms with E-state index in [1.165, 1.54) is 6.33 Å². The zero-order valence-corrected chi connectivity index (χ0v) is 9.17. The van der Waals surface area contributed by atoms with Crippen LogP contribution in [0, 0.1) is 0 Å². The second-order valence-corrected chi connectivity index (χ2v) is 3.38. The first-order chi connectivity index (χ1) is 7.86. The predicted octanol–water partition coefficient (Wildman–Crippen LogP) is 0.843. The van der Waals surface area contributed by atoms with Crippen LogP contribution in [0.1, 0.15) is 6.92 Å². The van der Waals surface area contributed by atoms with Crippen LogP contribution < -0.4 is 4.90 Å². The molecular formula is C11H14N4O. The monoisotopic (exact) mass is 218 g/mol. The van der Waals surface area contributed by atoms with E-state index in [4.69, 9.17) is 5.11 Å². The molecule has 0 unspecified atom stereocenters. The van der Waals surface area contributed by atoms with Crippen LogP contribution in [0.15, 0.2) is 24.7 Å². The molecule has 16 heavy (non-hydrogen) atoms. The Labute approximate surface area is 93.8 Å². The van der Waals surface area contributed by atoms with Gasteiger partial charge in [-0.15, -0.1) is 0 Å². The van der Waals surface area contributed by atoms with Crippen molar-refractivity contribution in [3.63, 3.8) is 0 Å². The average molecular weight is 218 g/mol. The van der Waals surface area contributed by atoms with Gasteiger partial charge in [-0.3, -0.25) is 0 Å². The van der Waals surface area contributed by atoms with Gasteiger partial charge >= 0.3 is 0 Å². The van der Waals surface area contributed by atoms with Gasteiger partial charge in [-0.05, 0) is 19.1 Å². The Morgan fingerprint density at radius 1 is 1.31 bits per heavy atom. The fraction of sp³-hybridized carbons (Fsp3) is 0.364. The molecule has 1 N–H and O–H groups in total. The maximum atomic E-state index is 9.00. The van der Waals surface area contributed by atoms with Crippen molar-refractivity contribution in [3.8, 4) is 0 Å². The molecule has 0 aliphatic rings. The third-order valence-electron chi connectivity index (χ3n) is 2.44. The maximum absolute atomic E-state index is 9.00. The molecule has 0 spiro atoms. The van der Waals surface area contributed by atoms with Crippen LogP contribution in [0.2, 0.25) is 0 Å². The predicted molar refractivity (Wildman–Crippen MR) is 62.3 cm³/mol. The van der Waals surface area contributed by atoms with Gasteiger partial charge in [-0.2, -0.15) is 0 Å². The molecule has 0 aliphatic heterocycles. The van der Waals surface area contributed by atoms with Gasteiger partial charge in [0.1, 0.15) is 12.1 Å². The van der Waals surface area contributed by atoms with Gasteiger partial charge in [0.05, 0.1) is 12.0 Å². The van der Waals surface area contributed by atoms with E-state index in [0.29, 0.717) is 12.2 Å². The van der Waals surface area contributed by atoms with E-state index in [9.17, 15) is 0 Å². The molecular weight excluding hydrogens is 204 g/mol. The molecule has 84 valence electrons. The van der Waals surface area contributed by atoms with Gasteiger partial charge in [0.2, 0.25) is 0 Å². The summed E-state index contributed by atoms with van der Waals surface area (Å²) >= 11 is 0. The average Bonchev–Trinajstić information content (AvgIpc) is 2.35. The number of aliphatic hydroxyl groups excluding tert-OH is 1. The first-order valence-corrected chi connectivity index (χ1v) is 5.28. The van der Waals surface area contributed by atoms with Crippen molar-refractivity contribution < 1.29 is 5.11 Å². The number of aliphatic hydroxyl groups is 1. The van der Waals surface area contributed by atoms with Crippen LogP contribution in [0.5, 0.6) is 0 Å². The minimum atomic E-state index is 0.111. The van der Waals surface area contributed by atoms with E-state index in [-0.39, 0.29) is 6.61 Å². The number of rotatable bonds is 4. The largest absolute Gasteiger partial charge is 0.395 e. The summed E-state index contributed by atoms with van der Waals surface area (Å²) in [5.74, 6) is 0.828. The van der Waals surface area contributed by atoms with Crippen LogP contribution in [0.25, 0.3) is 11.0 Å². The Kier molecular flexibility index (Phi) is 3.26. The highest BCUT2D eigenvalue weighted by Gasteiger charge is 2.10. The minimum absolute atomic E-state index is 0.111. The molecule has 0 atom stereocenters. The molecule has 0 aliphatic carbocycles. The molecule has 0 aromatic carbocycles. The summed E-state index contributed by atoms with van der Waals surface area (Å²) in [6.45, 7) is 3.50. The zero-order valence-electron chi connectivity index (χ0n) is 9.17. The smallest absolute Gasteiger partial charge is 0.164 e.